The first-order valence-corrected chi connectivity index (χ1v) is 6.15. The monoisotopic (exact) mass is 302 g/mol. The van der Waals surface area contributed by atoms with Crippen molar-refractivity contribution in [1.82, 2.24) is 4.90 Å². The van der Waals surface area contributed by atoms with Gasteiger partial charge in [0.1, 0.15) is 11.6 Å². The smallest absolute Gasteiger partial charge is 0.338 e. The van der Waals surface area contributed by atoms with Gasteiger partial charge < -0.3 is 20.4 Å². The standard InChI is InChI=1S/C13H16F2N2O4/c1-7(18)3-4-17(2)13(21)16-11-5-8(12(19)20)9(14)6-10(11)15/h5-7,18H,3-4H2,1-2H3,(H,16,21)(H,19,20). The lowest BCUT2D eigenvalue weighted by Crippen LogP contribution is -2.33. The van der Waals surface area contributed by atoms with E-state index >= 15 is 0 Å². The number of benzene rings is 1. The number of nitrogens with one attached hydrogen (secondary N) is 1. The van der Waals surface area contributed by atoms with Gasteiger partial charge in [0.15, 0.2) is 0 Å². The summed E-state index contributed by atoms with van der Waals surface area (Å²) in [4.78, 5) is 23.7. The van der Waals surface area contributed by atoms with Crippen molar-refractivity contribution in [3.63, 3.8) is 0 Å². The van der Waals surface area contributed by atoms with E-state index in [2.05, 4.69) is 5.32 Å². The number of anilines is 1. The molecular weight excluding hydrogens is 286 g/mol. The van der Waals surface area contributed by atoms with Crippen LogP contribution in [0.1, 0.15) is 23.7 Å². The molecule has 0 spiro atoms. The van der Waals surface area contributed by atoms with Gasteiger partial charge in [-0.05, 0) is 19.4 Å². The fourth-order valence-corrected chi connectivity index (χ4v) is 1.50. The number of carboxylic acids is 1. The van der Waals surface area contributed by atoms with E-state index in [1.807, 2.05) is 0 Å². The molecule has 3 N–H and O–H groups in total. The van der Waals surface area contributed by atoms with Gasteiger partial charge in [0.05, 0.1) is 17.4 Å². The van der Waals surface area contributed by atoms with Crippen LogP contribution in [-0.4, -0.2) is 46.8 Å². The van der Waals surface area contributed by atoms with Gasteiger partial charge in [-0.1, -0.05) is 0 Å². The zero-order chi connectivity index (χ0) is 16.2. The molecule has 0 saturated heterocycles. The number of carboxylic acid groups (broad SMARTS) is 1. The molecule has 0 aliphatic rings. The van der Waals surface area contributed by atoms with E-state index in [0.29, 0.717) is 18.6 Å². The van der Waals surface area contributed by atoms with E-state index in [9.17, 15) is 18.4 Å². The van der Waals surface area contributed by atoms with E-state index in [4.69, 9.17) is 10.2 Å². The molecule has 0 bridgehead atoms. The number of hydrogen-bond acceptors (Lipinski definition) is 3. The zero-order valence-electron chi connectivity index (χ0n) is 11.6. The van der Waals surface area contributed by atoms with Crippen molar-refractivity contribution in [3.05, 3.63) is 29.3 Å². The highest BCUT2D eigenvalue weighted by molar-refractivity contribution is 5.93. The van der Waals surface area contributed by atoms with Crippen LogP contribution < -0.4 is 5.32 Å². The number of aromatic carboxylic acids is 1. The molecule has 2 amide bonds. The molecule has 0 aliphatic heterocycles. The van der Waals surface area contributed by atoms with Crippen molar-refractivity contribution in [3.8, 4) is 0 Å². The number of carbonyl (C=O) groups is 2. The van der Waals surface area contributed by atoms with E-state index in [-0.39, 0.29) is 6.54 Å². The Morgan fingerprint density at radius 1 is 1.33 bits per heavy atom. The summed E-state index contributed by atoms with van der Waals surface area (Å²) in [5.41, 5.74) is -1.17. The molecule has 0 aromatic heterocycles. The van der Waals surface area contributed by atoms with Crippen molar-refractivity contribution in [2.45, 2.75) is 19.4 Å². The molecular formula is C13H16F2N2O4. The number of aliphatic hydroxyl groups is 1. The van der Waals surface area contributed by atoms with Crippen LogP contribution in [0.5, 0.6) is 0 Å². The van der Waals surface area contributed by atoms with Gasteiger partial charge in [-0.15, -0.1) is 0 Å². The van der Waals surface area contributed by atoms with E-state index in [0.717, 1.165) is 0 Å². The Bertz CT molecular complexity index is 549. The number of carbonyl (C=O) groups excluding carboxylic acids is 1. The highest BCUT2D eigenvalue weighted by Gasteiger charge is 2.18. The lowest BCUT2D eigenvalue weighted by atomic mass is 10.2. The minimum atomic E-state index is -1.56. The number of amides is 2. The van der Waals surface area contributed by atoms with Crippen LogP contribution in [-0.2, 0) is 0 Å². The van der Waals surface area contributed by atoms with Crippen LogP contribution in [0.15, 0.2) is 12.1 Å². The largest absolute Gasteiger partial charge is 0.478 e. The fourth-order valence-electron chi connectivity index (χ4n) is 1.50. The second-order valence-electron chi connectivity index (χ2n) is 4.61. The first kappa shape index (κ1) is 16.8. The van der Waals surface area contributed by atoms with E-state index in [1.54, 1.807) is 6.92 Å². The Morgan fingerprint density at radius 3 is 2.48 bits per heavy atom. The summed E-state index contributed by atoms with van der Waals surface area (Å²) in [6.45, 7) is 1.78. The predicted molar refractivity (Wildman–Crippen MR) is 71.3 cm³/mol. The predicted octanol–water partition coefficient (Wildman–Crippen LogP) is 1.90. The van der Waals surface area contributed by atoms with Crippen molar-refractivity contribution in [1.29, 1.82) is 0 Å². The Kier molecular flexibility index (Phi) is 5.60. The van der Waals surface area contributed by atoms with Crippen LogP contribution in [0.25, 0.3) is 0 Å². The third-order valence-electron chi connectivity index (χ3n) is 2.76. The maximum Gasteiger partial charge on any atom is 0.338 e. The molecule has 1 unspecified atom stereocenters. The maximum atomic E-state index is 13.5. The lowest BCUT2D eigenvalue weighted by Gasteiger charge is -2.19. The third kappa shape index (κ3) is 4.67. The Hall–Kier alpha value is -2.22. The summed E-state index contributed by atoms with van der Waals surface area (Å²) in [5, 5.41) is 20.0. The molecule has 1 aromatic carbocycles. The summed E-state index contributed by atoms with van der Waals surface area (Å²) in [6, 6.07) is 0.417. The first-order valence-electron chi connectivity index (χ1n) is 6.15. The summed E-state index contributed by atoms with van der Waals surface area (Å²) >= 11 is 0. The Morgan fingerprint density at radius 2 is 1.95 bits per heavy atom. The van der Waals surface area contributed by atoms with Crippen LogP contribution in [0, 0.1) is 11.6 Å². The average molecular weight is 302 g/mol. The maximum absolute atomic E-state index is 13.5. The van der Waals surface area contributed by atoms with Crippen LogP contribution >= 0.6 is 0 Å². The Labute approximate surface area is 120 Å². The van der Waals surface area contributed by atoms with E-state index < -0.39 is 41.0 Å². The van der Waals surface area contributed by atoms with Gasteiger partial charge in [0, 0.05) is 19.7 Å². The summed E-state index contributed by atoms with van der Waals surface area (Å²) in [7, 11) is 1.43. The molecule has 8 heteroatoms. The molecule has 6 nitrogen and oxygen atoms in total. The second kappa shape index (κ2) is 6.98. The van der Waals surface area contributed by atoms with Crippen LogP contribution in [0.4, 0.5) is 19.3 Å². The molecule has 0 aliphatic carbocycles. The van der Waals surface area contributed by atoms with Crippen LogP contribution in [0.3, 0.4) is 0 Å². The number of nitrogens with zero attached hydrogens (tertiary/aromatic N) is 1. The quantitative estimate of drug-likeness (QED) is 0.775. The topological polar surface area (TPSA) is 89.9 Å². The van der Waals surface area contributed by atoms with Crippen molar-refractivity contribution >= 4 is 17.7 Å². The van der Waals surface area contributed by atoms with Gasteiger partial charge >= 0.3 is 12.0 Å². The molecule has 1 rings (SSSR count). The van der Waals surface area contributed by atoms with Gasteiger partial charge in [-0.3, -0.25) is 0 Å². The fraction of sp³-hybridized carbons (Fsp3) is 0.385. The number of hydrogen-bond donors (Lipinski definition) is 3. The average Bonchev–Trinajstić information content (AvgIpc) is 2.38. The molecule has 21 heavy (non-hydrogen) atoms. The molecule has 116 valence electrons. The van der Waals surface area contributed by atoms with Gasteiger partial charge in [-0.25, -0.2) is 18.4 Å². The highest BCUT2D eigenvalue weighted by atomic mass is 19.1. The molecule has 0 saturated carbocycles. The summed E-state index contributed by atoms with van der Waals surface area (Å²) in [6.07, 6.45) is -0.266. The first-order chi connectivity index (χ1) is 9.72. The van der Waals surface area contributed by atoms with Crippen molar-refractivity contribution < 1.29 is 28.6 Å². The van der Waals surface area contributed by atoms with Crippen molar-refractivity contribution in [2.75, 3.05) is 18.9 Å². The second-order valence-corrected chi connectivity index (χ2v) is 4.61. The Balaban J connectivity index is 2.85. The molecule has 0 heterocycles. The minimum Gasteiger partial charge on any atom is -0.478 e. The SMILES string of the molecule is CC(O)CCN(C)C(=O)Nc1cc(C(=O)O)c(F)cc1F. The summed E-state index contributed by atoms with van der Waals surface area (Å²) < 4.78 is 26.7. The van der Waals surface area contributed by atoms with Crippen molar-refractivity contribution in [2.24, 2.45) is 0 Å². The molecule has 1 atom stereocenters. The lowest BCUT2D eigenvalue weighted by molar-refractivity contribution is 0.0691. The van der Waals surface area contributed by atoms with Gasteiger partial charge in [-0.2, -0.15) is 0 Å². The number of rotatable bonds is 5. The number of halogens is 2. The highest BCUT2D eigenvalue weighted by Crippen LogP contribution is 2.20. The van der Waals surface area contributed by atoms with E-state index in [1.165, 1.54) is 11.9 Å². The molecule has 0 fully saturated rings. The number of urea groups is 1. The molecule has 0 radical (unpaired) electrons. The number of aliphatic hydroxyl groups excluding tert-OH is 1. The minimum absolute atomic E-state index is 0.220. The van der Waals surface area contributed by atoms with Crippen LogP contribution in [0.2, 0.25) is 0 Å². The third-order valence-corrected chi connectivity index (χ3v) is 2.76. The summed E-state index contributed by atoms with van der Waals surface area (Å²) in [5.74, 6) is -3.86. The normalized spacial score (nSPS) is 11.9. The van der Waals surface area contributed by atoms with Gasteiger partial charge in [0.2, 0.25) is 0 Å². The zero-order valence-corrected chi connectivity index (χ0v) is 11.6. The molecule has 1 aromatic rings. The van der Waals surface area contributed by atoms with Gasteiger partial charge in [0.25, 0.3) is 0 Å².